The summed E-state index contributed by atoms with van der Waals surface area (Å²) in [5.74, 6) is -1.21. The lowest BCUT2D eigenvalue weighted by molar-refractivity contribution is -0.140. The summed E-state index contributed by atoms with van der Waals surface area (Å²) < 4.78 is 18.9. The van der Waals surface area contributed by atoms with Crippen LogP contribution in [0.2, 0.25) is 5.02 Å². The zero-order valence-electron chi connectivity index (χ0n) is 16.6. The molecule has 0 radical (unpaired) electrons. The van der Waals surface area contributed by atoms with E-state index < -0.39 is 17.7 Å². The quantitative estimate of drug-likeness (QED) is 0.343. The van der Waals surface area contributed by atoms with E-state index in [0.29, 0.717) is 28.5 Å². The van der Waals surface area contributed by atoms with Crippen molar-refractivity contribution in [3.05, 3.63) is 99.7 Å². The maximum Gasteiger partial charge on any atom is 0.295 e. The second-order valence-corrected chi connectivity index (χ2v) is 7.76. The normalized spacial score (nSPS) is 18.0. The predicted octanol–water partition coefficient (Wildman–Crippen LogP) is 5.04. The molecule has 31 heavy (non-hydrogen) atoms. The summed E-state index contributed by atoms with van der Waals surface area (Å²) in [7, 11) is 0. The van der Waals surface area contributed by atoms with Crippen LogP contribution in [0.3, 0.4) is 0 Å². The molecule has 158 valence electrons. The first-order chi connectivity index (χ1) is 14.8. The highest BCUT2D eigenvalue weighted by atomic mass is 35.5. The molecule has 5 nitrogen and oxygen atoms in total. The predicted molar refractivity (Wildman–Crippen MR) is 114 cm³/mol. The summed E-state index contributed by atoms with van der Waals surface area (Å²) in [6.07, 6.45) is 0.403. The minimum Gasteiger partial charge on any atom is -0.507 e. The van der Waals surface area contributed by atoms with Crippen molar-refractivity contribution in [1.29, 1.82) is 0 Å². The fourth-order valence-corrected chi connectivity index (χ4v) is 3.89. The van der Waals surface area contributed by atoms with E-state index in [1.807, 2.05) is 0 Å². The Balaban J connectivity index is 1.75. The van der Waals surface area contributed by atoms with E-state index in [9.17, 15) is 19.1 Å². The number of carbonyl (C=O) groups excluding carboxylic acids is 2. The minimum atomic E-state index is -0.881. The summed E-state index contributed by atoms with van der Waals surface area (Å²) in [6.45, 7) is 1.94. The zero-order chi connectivity index (χ0) is 22.1. The first kappa shape index (κ1) is 20.9. The lowest BCUT2D eigenvalue weighted by Gasteiger charge is -2.23. The van der Waals surface area contributed by atoms with E-state index in [2.05, 4.69) is 0 Å². The Labute approximate surface area is 183 Å². The molecule has 0 bridgehead atoms. The number of aryl methyl sites for hydroxylation is 1. The van der Waals surface area contributed by atoms with Crippen LogP contribution < -0.4 is 0 Å². The minimum absolute atomic E-state index is 0.0549. The lowest BCUT2D eigenvalue weighted by Crippen LogP contribution is -2.31. The third-order valence-corrected chi connectivity index (χ3v) is 5.46. The number of halogens is 2. The Morgan fingerprint density at radius 2 is 1.87 bits per heavy atom. The molecule has 0 aliphatic carbocycles. The number of furan rings is 1. The van der Waals surface area contributed by atoms with Gasteiger partial charge in [-0.15, -0.1) is 0 Å². The van der Waals surface area contributed by atoms with Gasteiger partial charge in [-0.1, -0.05) is 35.9 Å². The molecule has 1 aromatic heterocycles. The highest BCUT2D eigenvalue weighted by molar-refractivity contribution is 6.46. The van der Waals surface area contributed by atoms with Gasteiger partial charge in [0.05, 0.1) is 5.57 Å². The van der Waals surface area contributed by atoms with Gasteiger partial charge >= 0.3 is 0 Å². The van der Waals surface area contributed by atoms with Gasteiger partial charge in [0, 0.05) is 17.1 Å². The highest BCUT2D eigenvalue weighted by Crippen LogP contribution is 2.40. The van der Waals surface area contributed by atoms with Crippen molar-refractivity contribution in [2.24, 2.45) is 0 Å². The summed E-state index contributed by atoms with van der Waals surface area (Å²) in [6, 6.07) is 14.9. The van der Waals surface area contributed by atoms with Crippen molar-refractivity contribution in [1.82, 2.24) is 4.90 Å². The molecule has 0 saturated carbocycles. The number of aliphatic hydroxyl groups excluding tert-OH is 1. The van der Waals surface area contributed by atoms with Gasteiger partial charge in [0.2, 0.25) is 0 Å². The van der Waals surface area contributed by atoms with Gasteiger partial charge in [0.1, 0.15) is 29.1 Å². The Morgan fingerprint density at radius 3 is 2.52 bits per heavy atom. The van der Waals surface area contributed by atoms with E-state index in [1.54, 1.807) is 49.4 Å². The van der Waals surface area contributed by atoms with Crippen molar-refractivity contribution in [3.63, 3.8) is 0 Å². The summed E-state index contributed by atoms with van der Waals surface area (Å²) in [5.41, 5.74) is 1.09. The maximum absolute atomic E-state index is 13.2. The number of aliphatic hydroxyl groups is 1. The number of nitrogens with zero attached hydrogens (tertiary/aromatic N) is 1. The molecule has 1 N–H and O–H groups in total. The molecule has 1 unspecified atom stereocenters. The molecule has 4 rings (SSSR count). The van der Waals surface area contributed by atoms with Crippen LogP contribution in [0, 0.1) is 12.7 Å². The Morgan fingerprint density at radius 1 is 1.13 bits per heavy atom. The fourth-order valence-electron chi connectivity index (χ4n) is 3.70. The van der Waals surface area contributed by atoms with Crippen LogP contribution in [0.15, 0.2) is 70.7 Å². The molecule has 2 aromatic carbocycles. The number of likely N-dealkylation sites (tertiary alicyclic amines) is 1. The van der Waals surface area contributed by atoms with Crippen LogP contribution in [0.5, 0.6) is 0 Å². The largest absolute Gasteiger partial charge is 0.507 e. The van der Waals surface area contributed by atoms with Gasteiger partial charge in [-0.2, -0.15) is 0 Å². The SMILES string of the molecule is Cc1ccc(C2/C(=C(/O)c3cccc(Cl)c3)C(=O)C(=O)N2CCc2ccc(F)cc2)o1. The molecule has 7 heteroatoms. The summed E-state index contributed by atoms with van der Waals surface area (Å²) in [4.78, 5) is 27.2. The van der Waals surface area contributed by atoms with Crippen molar-refractivity contribution < 1.29 is 23.5 Å². The average Bonchev–Trinajstić information content (AvgIpc) is 3.28. The Bertz CT molecular complexity index is 1180. The number of rotatable bonds is 5. The average molecular weight is 440 g/mol. The molecule has 1 fully saturated rings. The maximum atomic E-state index is 13.2. The van der Waals surface area contributed by atoms with Crippen molar-refractivity contribution >= 4 is 29.1 Å². The number of hydrogen-bond donors (Lipinski definition) is 1. The Hall–Kier alpha value is -3.38. The second kappa shape index (κ2) is 8.40. The standard InChI is InChI=1S/C24H19ClFNO4/c1-14-5-10-19(31-14)21-20(22(28)16-3-2-4-17(25)13-16)23(29)24(30)27(21)12-11-15-6-8-18(26)9-7-15/h2-10,13,21,28H,11-12H2,1H3/b22-20-. The van der Waals surface area contributed by atoms with E-state index in [4.69, 9.17) is 16.0 Å². The molecule has 1 atom stereocenters. The van der Waals surface area contributed by atoms with E-state index >= 15 is 0 Å². The smallest absolute Gasteiger partial charge is 0.295 e. The van der Waals surface area contributed by atoms with Gasteiger partial charge in [0.15, 0.2) is 0 Å². The molecular weight excluding hydrogens is 421 g/mol. The van der Waals surface area contributed by atoms with Crippen LogP contribution in [0.4, 0.5) is 4.39 Å². The highest BCUT2D eigenvalue weighted by Gasteiger charge is 2.47. The number of benzene rings is 2. The molecule has 1 saturated heterocycles. The van der Waals surface area contributed by atoms with Gasteiger partial charge in [-0.05, 0) is 55.3 Å². The molecular formula is C24H19ClFNO4. The monoisotopic (exact) mass is 439 g/mol. The third-order valence-electron chi connectivity index (χ3n) is 5.22. The van der Waals surface area contributed by atoms with Crippen molar-refractivity contribution in [3.8, 4) is 0 Å². The number of ketones is 1. The van der Waals surface area contributed by atoms with Gasteiger partial charge in [-0.3, -0.25) is 9.59 Å². The first-order valence-electron chi connectivity index (χ1n) is 9.70. The van der Waals surface area contributed by atoms with Gasteiger partial charge in [-0.25, -0.2) is 4.39 Å². The number of amides is 1. The topological polar surface area (TPSA) is 70.8 Å². The van der Waals surface area contributed by atoms with Crippen molar-refractivity contribution in [2.75, 3.05) is 6.54 Å². The third kappa shape index (κ3) is 4.11. The lowest BCUT2D eigenvalue weighted by atomic mass is 9.99. The Kier molecular flexibility index (Phi) is 5.65. The molecule has 1 amide bonds. The summed E-state index contributed by atoms with van der Waals surface area (Å²) in [5, 5.41) is 11.3. The summed E-state index contributed by atoms with van der Waals surface area (Å²) >= 11 is 6.03. The molecule has 1 aliphatic rings. The number of hydrogen-bond acceptors (Lipinski definition) is 4. The van der Waals surface area contributed by atoms with Crippen LogP contribution in [0.25, 0.3) is 5.76 Å². The van der Waals surface area contributed by atoms with Crippen molar-refractivity contribution in [2.45, 2.75) is 19.4 Å². The molecule has 2 heterocycles. The van der Waals surface area contributed by atoms with E-state index in [1.165, 1.54) is 23.1 Å². The van der Waals surface area contributed by atoms with Crippen LogP contribution in [0.1, 0.15) is 28.7 Å². The molecule has 1 aliphatic heterocycles. The van der Waals surface area contributed by atoms with E-state index in [-0.39, 0.29) is 23.7 Å². The van der Waals surface area contributed by atoms with Crippen LogP contribution in [-0.2, 0) is 16.0 Å². The molecule has 3 aromatic rings. The van der Waals surface area contributed by atoms with Gasteiger partial charge < -0.3 is 14.4 Å². The van der Waals surface area contributed by atoms with Gasteiger partial charge in [0.25, 0.3) is 11.7 Å². The second-order valence-electron chi connectivity index (χ2n) is 7.33. The first-order valence-corrected chi connectivity index (χ1v) is 10.1. The molecule has 0 spiro atoms. The van der Waals surface area contributed by atoms with E-state index in [0.717, 1.165) is 5.56 Å². The van der Waals surface area contributed by atoms with Crippen LogP contribution >= 0.6 is 11.6 Å². The number of Topliss-reactive ketones (excluding diaryl/α,β-unsaturated/α-hetero) is 1. The fraction of sp³-hybridized carbons (Fsp3) is 0.167. The van der Waals surface area contributed by atoms with Crippen LogP contribution in [-0.4, -0.2) is 28.2 Å². The zero-order valence-corrected chi connectivity index (χ0v) is 17.4. The number of carbonyl (C=O) groups is 2.